The molecule has 0 aromatic rings. The van der Waals surface area contributed by atoms with Crippen molar-refractivity contribution in [2.24, 2.45) is 5.73 Å². The van der Waals surface area contributed by atoms with Gasteiger partial charge in [0.2, 0.25) is 0 Å². The zero-order valence-corrected chi connectivity index (χ0v) is 7.03. The molecule has 0 aliphatic rings. The molecule has 0 aliphatic heterocycles. The molecule has 9 heavy (non-hydrogen) atoms. The summed E-state index contributed by atoms with van der Waals surface area (Å²) >= 11 is 3.20. The van der Waals surface area contributed by atoms with Gasteiger partial charge in [-0.1, -0.05) is 29.1 Å². The largest absolute Gasteiger partial charge is 0.398 e. The Morgan fingerprint density at radius 3 is 2.22 bits per heavy atom. The maximum atomic E-state index is 5.49. The zero-order chi connectivity index (χ0) is 7.44. The Bertz CT molecular complexity index is 168. The Kier molecular flexibility index (Phi) is 3.32. The highest BCUT2D eigenvalue weighted by Crippen LogP contribution is 2.15. The van der Waals surface area contributed by atoms with E-state index < -0.39 is 0 Å². The highest BCUT2D eigenvalue weighted by molar-refractivity contribution is 9.11. The van der Waals surface area contributed by atoms with Crippen LogP contribution < -0.4 is 5.73 Å². The van der Waals surface area contributed by atoms with E-state index in [1.807, 2.05) is 6.92 Å². The van der Waals surface area contributed by atoms with Crippen molar-refractivity contribution in [3.8, 4) is 0 Å². The van der Waals surface area contributed by atoms with Gasteiger partial charge in [-0.15, -0.1) is 0 Å². The maximum absolute atomic E-state index is 5.49. The zero-order valence-electron chi connectivity index (χ0n) is 5.45. The smallest absolute Gasteiger partial charge is 0.0348 e. The molecule has 0 fully saturated rings. The molecule has 50 valence electrons. The lowest BCUT2D eigenvalue weighted by Gasteiger charge is -1.98. The topological polar surface area (TPSA) is 26.0 Å². The number of rotatable bonds is 2. The molecule has 0 aliphatic carbocycles. The molecule has 0 spiro atoms. The second-order valence-corrected chi connectivity index (χ2v) is 2.65. The summed E-state index contributed by atoms with van der Waals surface area (Å²) in [6, 6.07) is 0. The van der Waals surface area contributed by atoms with E-state index in [-0.39, 0.29) is 0 Å². The summed E-state index contributed by atoms with van der Waals surface area (Å²) < 4.78 is 0.805. The summed E-state index contributed by atoms with van der Waals surface area (Å²) in [4.78, 5) is 0. The third-order valence-electron chi connectivity index (χ3n) is 1.06. The van der Waals surface area contributed by atoms with E-state index in [9.17, 15) is 0 Å². The summed E-state index contributed by atoms with van der Waals surface area (Å²) in [5.41, 5.74) is 7.09. The van der Waals surface area contributed by atoms with Crippen LogP contribution in [-0.2, 0) is 0 Å². The SMILES string of the molecule is C=C/C(N)=C(/C)C(=C)Br. The molecule has 0 bridgehead atoms. The third kappa shape index (κ3) is 2.51. The van der Waals surface area contributed by atoms with Crippen molar-refractivity contribution >= 4 is 15.9 Å². The van der Waals surface area contributed by atoms with Gasteiger partial charge in [0.15, 0.2) is 0 Å². The fourth-order valence-electron chi connectivity index (χ4n) is 0.310. The van der Waals surface area contributed by atoms with Crippen LogP contribution in [0.3, 0.4) is 0 Å². The standard InChI is InChI=1S/C7H10BrN/c1-4-7(9)5(2)6(3)8/h4H,1,3,9H2,2H3/b7-5+. The van der Waals surface area contributed by atoms with Crippen molar-refractivity contribution in [3.63, 3.8) is 0 Å². The van der Waals surface area contributed by atoms with E-state index in [1.54, 1.807) is 6.08 Å². The molecule has 0 radical (unpaired) electrons. The molecule has 0 rings (SSSR count). The quantitative estimate of drug-likeness (QED) is 0.661. The minimum atomic E-state index is 0.664. The highest BCUT2D eigenvalue weighted by Gasteiger charge is 1.93. The molecular weight excluding hydrogens is 178 g/mol. The first kappa shape index (κ1) is 8.50. The molecule has 0 saturated carbocycles. The molecule has 2 heteroatoms. The van der Waals surface area contributed by atoms with Gasteiger partial charge in [0.25, 0.3) is 0 Å². The predicted molar refractivity (Wildman–Crippen MR) is 45.2 cm³/mol. The van der Waals surface area contributed by atoms with E-state index in [4.69, 9.17) is 5.73 Å². The van der Waals surface area contributed by atoms with Gasteiger partial charge in [-0.2, -0.15) is 0 Å². The lowest BCUT2D eigenvalue weighted by Crippen LogP contribution is -1.96. The third-order valence-corrected chi connectivity index (χ3v) is 1.65. The summed E-state index contributed by atoms with van der Waals surface area (Å²) in [6.45, 7) is 9.06. The van der Waals surface area contributed by atoms with Gasteiger partial charge >= 0.3 is 0 Å². The Hall–Kier alpha value is -0.500. The van der Waals surface area contributed by atoms with E-state index in [2.05, 4.69) is 29.1 Å². The minimum Gasteiger partial charge on any atom is -0.398 e. The summed E-state index contributed by atoms with van der Waals surface area (Å²) in [5.74, 6) is 0. The van der Waals surface area contributed by atoms with E-state index in [0.29, 0.717) is 5.70 Å². The second-order valence-electron chi connectivity index (χ2n) is 1.69. The first-order valence-corrected chi connectivity index (χ1v) is 3.32. The van der Waals surface area contributed by atoms with Crippen LogP contribution in [0, 0.1) is 0 Å². The molecule has 0 amide bonds. The van der Waals surface area contributed by atoms with Crippen molar-refractivity contribution < 1.29 is 0 Å². The molecule has 0 heterocycles. The number of nitrogens with two attached hydrogens (primary N) is 1. The number of hydrogen-bond acceptors (Lipinski definition) is 1. The van der Waals surface area contributed by atoms with Crippen LogP contribution in [0.15, 0.2) is 35.0 Å². The summed E-state index contributed by atoms with van der Waals surface area (Å²) in [5, 5.41) is 0. The van der Waals surface area contributed by atoms with Crippen molar-refractivity contribution in [1.82, 2.24) is 0 Å². The number of hydrogen-bond donors (Lipinski definition) is 1. The van der Waals surface area contributed by atoms with Crippen LogP contribution in [0.5, 0.6) is 0 Å². The van der Waals surface area contributed by atoms with Crippen molar-refractivity contribution in [2.45, 2.75) is 6.92 Å². The van der Waals surface area contributed by atoms with Crippen LogP contribution in [0.4, 0.5) is 0 Å². The van der Waals surface area contributed by atoms with E-state index in [0.717, 1.165) is 10.1 Å². The van der Waals surface area contributed by atoms with Gasteiger partial charge < -0.3 is 5.73 Å². The summed E-state index contributed by atoms with van der Waals surface area (Å²) in [7, 11) is 0. The maximum Gasteiger partial charge on any atom is 0.0348 e. The lowest BCUT2D eigenvalue weighted by molar-refractivity contribution is 1.32. The minimum absolute atomic E-state index is 0.664. The molecule has 0 saturated heterocycles. The second kappa shape index (κ2) is 3.51. The number of halogens is 1. The molecular formula is C7H10BrN. The van der Waals surface area contributed by atoms with Crippen molar-refractivity contribution in [3.05, 3.63) is 35.0 Å². The first-order chi connectivity index (χ1) is 4.09. The monoisotopic (exact) mass is 187 g/mol. The Morgan fingerprint density at radius 2 is 2.11 bits per heavy atom. The average molecular weight is 188 g/mol. The van der Waals surface area contributed by atoms with Gasteiger partial charge in [-0.25, -0.2) is 0 Å². The normalized spacial score (nSPS) is 12.2. The number of allylic oxidation sites excluding steroid dienone is 3. The Balaban J connectivity index is 4.47. The van der Waals surface area contributed by atoms with Gasteiger partial charge in [0.05, 0.1) is 0 Å². The average Bonchev–Trinajstić information content (AvgIpc) is 1.84. The van der Waals surface area contributed by atoms with E-state index in [1.165, 1.54) is 0 Å². The fraction of sp³-hybridized carbons (Fsp3) is 0.143. The molecule has 1 nitrogen and oxygen atoms in total. The van der Waals surface area contributed by atoms with Gasteiger partial charge in [-0.05, 0) is 18.6 Å². The molecule has 2 N–H and O–H groups in total. The molecule has 0 unspecified atom stereocenters. The van der Waals surface area contributed by atoms with Crippen LogP contribution in [0.2, 0.25) is 0 Å². The predicted octanol–water partition coefficient (Wildman–Crippen LogP) is 2.31. The van der Waals surface area contributed by atoms with Crippen LogP contribution in [0.25, 0.3) is 0 Å². The van der Waals surface area contributed by atoms with Crippen molar-refractivity contribution in [2.75, 3.05) is 0 Å². The van der Waals surface area contributed by atoms with Gasteiger partial charge in [0.1, 0.15) is 0 Å². The van der Waals surface area contributed by atoms with Crippen LogP contribution in [0.1, 0.15) is 6.92 Å². The first-order valence-electron chi connectivity index (χ1n) is 2.53. The van der Waals surface area contributed by atoms with E-state index >= 15 is 0 Å². The fourth-order valence-corrected chi connectivity index (χ4v) is 0.539. The summed E-state index contributed by atoms with van der Waals surface area (Å²) in [6.07, 6.45) is 1.60. The molecule has 0 aromatic heterocycles. The van der Waals surface area contributed by atoms with Gasteiger partial charge in [-0.3, -0.25) is 0 Å². The Labute approximate surface area is 64.1 Å². The molecule has 0 aromatic carbocycles. The highest BCUT2D eigenvalue weighted by atomic mass is 79.9. The van der Waals surface area contributed by atoms with Crippen LogP contribution in [-0.4, -0.2) is 0 Å². The lowest BCUT2D eigenvalue weighted by atomic mass is 10.2. The molecule has 0 atom stereocenters. The van der Waals surface area contributed by atoms with Crippen molar-refractivity contribution in [1.29, 1.82) is 0 Å². The van der Waals surface area contributed by atoms with Gasteiger partial charge in [0, 0.05) is 10.2 Å². The van der Waals surface area contributed by atoms with Crippen LogP contribution >= 0.6 is 15.9 Å². The Morgan fingerprint density at radius 1 is 1.67 bits per heavy atom.